The Hall–Kier alpha value is -1.59. The van der Waals surface area contributed by atoms with Gasteiger partial charge in [0.1, 0.15) is 5.60 Å². The minimum absolute atomic E-state index is 0.219. The van der Waals surface area contributed by atoms with E-state index in [0.717, 1.165) is 32.7 Å². The Morgan fingerprint density at radius 1 is 1.16 bits per heavy atom. The van der Waals surface area contributed by atoms with E-state index in [0.29, 0.717) is 17.8 Å². The molecule has 0 bridgehead atoms. The molecule has 5 nitrogen and oxygen atoms in total. The average Bonchev–Trinajstić information content (AvgIpc) is 2.87. The Labute approximate surface area is 150 Å². The number of carbonyl (C=O) groups excluding carboxylic acids is 1. The minimum atomic E-state index is -0.449. The van der Waals surface area contributed by atoms with Crippen molar-refractivity contribution >= 4 is 6.09 Å². The molecule has 1 aromatic rings. The van der Waals surface area contributed by atoms with Crippen LogP contribution in [0.5, 0.6) is 0 Å². The van der Waals surface area contributed by atoms with Crippen LogP contribution >= 0.6 is 0 Å². The maximum absolute atomic E-state index is 12.1. The van der Waals surface area contributed by atoms with Crippen LogP contribution in [0.3, 0.4) is 0 Å². The number of carbonyl (C=O) groups is 1. The van der Waals surface area contributed by atoms with Crippen LogP contribution < -0.4 is 0 Å². The summed E-state index contributed by atoms with van der Waals surface area (Å²) in [7, 11) is 0. The topological polar surface area (TPSA) is 53.0 Å². The molecule has 0 saturated carbocycles. The Morgan fingerprint density at radius 3 is 2.44 bits per heavy atom. The van der Waals surface area contributed by atoms with Gasteiger partial charge in [-0.25, -0.2) is 4.79 Å². The summed E-state index contributed by atoms with van der Waals surface area (Å²) < 4.78 is 5.43. The maximum Gasteiger partial charge on any atom is 0.410 e. The molecule has 0 aromatic heterocycles. The molecule has 2 atom stereocenters. The summed E-state index contributed by atoms with van der Waals surface area (Å²) in [5.74, 6) is 1.22. The largest absolute Gasteiger partial charge is 0.444 e. The number of rotatable bonds is 4. The van der Waals surface area contributed by atoms with E-state index in [1.54, 1.807) is 4.90 Å². The fraction of sp³-hybridized carbons (Fsp3) is 0.650. The van der Waals surface area contributed by atoms with Crippen molar-refractivity contribution in [2.75, 3.05) is 32.8 Å². The van der Waals surface area contributed by atoms with Crippen LogP contribution in [0.2, 0.25) is 0 Å². The molecule has 5 heteroatoms. The molecule has 2 aliphatic heterocycles. The Balaban J connectivity index is 1.52. The molecule has 1 amide bonds. The lowest BCUT2D eigenvalue weighted by atomic mass is 9.80. The van der Waals surface area contributed by atoms with Crippen LogP contribution in [0.4, 0.5) is 4.79 Å². The monoisotopic (exact) mass is 346 g/mol. The van der Waals surface area contributed by atoms with Gasteiger partial charge in [0, 0.05) is 39.3 Å². The summed E-state index contributed by atoms with van der Waals surface area (Å²) in [6.07, 6.45) is -0.219. The predicted octanol–water partition coefficient (Wildman–Crippen LogP) is 2.59. The fourth-order valence-corrected chi connectivity index (χ4v) is 3.95. The van der Waals surface area contributed by atoms with Crippen LogP contribution in [0.15, 0.2) is 30.3 Å². The second-order valence-electron chi connectivity index (χ2n) is 8.43. The first-order valence-corrected chi connectivity index (χ1v) is 9.21. The number of aliphatic hydroxyl groups excluding tert-OH is 1. The number of ether oxygens (including phenoxy) is 1. The van der Waals surface area contributed by atoms with Crippen molar-refractivity contribution in [2.24, 2.45) is 17.8 Å². The first kappa shape index (κ1) is 18.2. The molecule has 3 rings (SSSR count). The van der Waals surface area contributed by atoms with Gasteiger partial charge in [0.25, 0.3) is 0 Å². The van der Waals surface area contributed by atoms with Gasteiger partial charge in [0.05, 0.1) is 0 Å². The smallest absolute Gasteiger partial charge is 0.410 e. The number of nitrogens with zero attached hydrogens (tertiary/aromatic N) is 2. The highest BCUT2D eigenvalue weighted by Gasteiger charge is 2.44. The third-order valence-electron chi connectivity index (χ3n) is 5.22. The standard InChI is InChI=1S/C20H30N2O3/c1-20(2,3)25-19(24)22-11-16(12-22)18-13-21(10-17(18)14-23)9-15-7-5-4-6-8-15/h4-8,16-18,23H,9-14H2,1-3H3. The Morgan fingerprint density at radius 2 is 1.84 bits per heavy atom. The zero-order valence-corrected chi connectivity index (χ0v) is 15.5. The van der Waals surface area contributed by atoms with E-state index in [-0.39, 0.29) is 12.7 Å². The first-order chi connectivity index (χ1) is 11.9. The molecular weight excluding hydrogens is 316 g/mol. The van der Waals surface area contributed by atoms with Gasteiger partial charge in [0.15, 0.2) is 0 Å². The summed E-state index contributed by atoms with van der Waals surface area (Å²) in [5.41, 5.74) is 0.860. The van der Waals surface area contributed by atoms with E-state index in [1.807, 2.05) is 26.8 Å². The number of benzene rings is 1. The second kappa shape index (κ2) is 7.34. The van der Waals surface area contributed by atoms with E-state index in [1.165, 1.54) is 5.56 Å². The van der Waals surface area contributed by atoms with Gasteiger partial charge in [-0.05, 0) is 44.1 Å². The quantitative estimate of drug-likeness (QED) is 0.910. The van der Waals surface area contributed by atoms with Crippen LogP contribution in [0.25, 0.3) is 0 Å². The predicted molar refractivity (Wildman–Crippen MR) is 97.1 cm³/mol. The highest BCUT2D eigenvalue weighted by molar-refractivity contribution is 5.69. The fourth-order valence-electron chi connectivity index (χ4n) is 3.95. The van der Waals surface area contributed by atoms with Crippen molar-refractivity contribution in [3.63, 3.8) is 0 Å². The first-order valence-electron chi connectivity index (χ1n) is 9.21. The normalized spacial score (nSPS) is 25.0. The van der Waals surface area contributed by atoms with Gasteiger partial charge >= 0.3 is 6.09 Å². The van der Waals surface area contributed by atoms with Crippen molar-refractivity contribution in [1.29, 1.82) is 0 Å². The molecule has 25 heavy (non-hydrogen) atoms. The van der Waals surface area contributed by atoms with E-state index in [2.05, 4.69) is 29.2 Å². The lowest BCUT2D eigenvalue weighted by molar-refractivity contribution is -0.0157. The molecule has 1 N–H and O–H groups in total. The number of amides is 1. The van der Waals surface area contributed by atoms with Crippen molar-refractivity contribution < 1.29 is 14.6 Å². The molecule has 2 saturated heterocycles. The average molecular weight is 346 g/mol. The SMILES string of the molecule is CC(C)(C)OC(=O)N1CC(C2CN(Cc3ccccc3)CC2CO)C1. The molecular formula is C20H30N2O3. The highest BCUT2D eigenvalue weighted by atomic mass is 16.6. The third kappa shape index (κ3) is 4.53. The van der Waals surface area contributed by atoms with Gasteiger partial charge in [-0.2, -0.15) is 0 Å². The van der Waals surface area contributed by atoms with Gasteiger partial charge in [-0.3, -0.25) is 4.90 Å². The van der Waals surface area contributed by atoms with Crippen LogP contribution in [0.1, 0.15) is 26.3 Å². The van der Waals surface area contributed by atoms with E-state index < -0.39 is 5.60 Å². The lowest BCUT2D eigenvalue weighted by Crippen LogP contribution is -2.55. The lowest BCUT2D eigenvalue weighted by Gasteiger charge is -2.43. The van der Waals surface area contributed by atoms with Crippen molar-refractivity contribution in [2.45, 2.75) is 32.9 Å². The van der Waals surface area contributed by atoms with Crippen LogP contribution in [-0.2, 0) is 11.3 Å². The molecule has 0 spiro atoms. The summed E-state index contributed by atoms with van der Waals surface area (Å²) in [6, 6.07) is 10.5. The zero-order chi connectivity index (χ0) is 18.0. The van der Waals surface area contributed by atoms with Crippen LogP contribution in [0, 0.1) is 17.8 Å². The van der Waals surface area contributed by atoms with E-state index in [4.69, 9.17) is 4.74 Å². The van der Waals surface area contributed by atoms with Gasteiger partial charge in [0.2, 0.25) is 0 Å². The number of hydrogen-bond acceptors (Lipinski definition) is 4. The molecule has 2 heterocycles. The van der Waals surface area contributed by atoms with Crippen molar-refractivity contribution in [1.82, 2.24) is 9.80 Å². The Bertz CT molecular complexity index is 578. The number of hydrogen-bond donors (Lipinski definition) is 1. The minimum Gasteiger partial charge on any atom is -0.444 e. The Kier molecular flexibility index (Phi) is 5.35. The third-order valence-corrected chi connectivity index (χ3v) is 5.22. The summed E-state index contributed by atoms with van der Waals surface area (Å²) in [6.45, 7) is 10.2. The summed E-state index contributed by atoms with van der Waals surface area (Å²) >= 11 is 0. The van der Waals surface area contributed by atoms with Crippen molar-refractivity contribution in [3.05, 3.63) is 35.9 Å². The summed E-state index contributed by atoms with van der Waals surface area (Å²) in [4.78, 5) is 16.3. The van der Waals surface area contributed by atoms with Gasteiger partial charge in [-0.1, -0.05) is 30.3 Å². The van der Waals surface area contributed by atoms with Gasteiger partial charge in [-0.15, -0.1) is 0 Å². The van der Waals surface area contributed by atoms with E-state index in [9.17, 15) is 9.90 Å². The number of aliphatic hydroxyl groups is 1. The molecule has 2 fully saturated rings. The maximum atomic E-state index is 12.1. The summed E-state index contributed by atoms with van der Waals surface area (Å²) in [5, 5.41) is 9.78. The van der Waals surface area contributed by atoms with E-state index >= 15 is 0 Å². The second-order valence-corrected chi connectivity index (χ2v) is 8.43. The van der Waals surface area contributed by atoms with Crippen molar-refractivity contribution in [3.8, 4) is 0 Å². The molecule has 2 aliphatic rings. The van der Waals surface area contributed by atoms with Gasteiger partial charge < -0.3 is 14.7 Å². The zero-order valence-electron chi connectivity index (χ0n) is 15.5. The molecule has 0 aliphatic carbocycles. The van der Waals surface area contributed by atoms with Crippen LogP contribution in [-0.4, -0.2) is 59.4 Å². The molecule has 1 aromatic carbocycles. The number of likely N-dealkylation sites (tertiary alicyclic amines) is 2. The highest BCUT2D eigenvalue weighted by Crippen LogP contribution is 2.36. The molecule has 0 radical (unpaired) electrons. The molecule has 138 valence electrons. The molecule has 2 unspecified atom stereocenters.